The van der Waals surface area contributed by atoms with E-state index in [0.717, 1.165) is 17.2 Å². The Labute approximate surface area is 113 Å². The molecule has 0 saturated carbocycles. The van der Waals surface area contributed by atoms with Gasteiger partial charge in [-0.15, -0.1) is 0 Å². The first-order valence-corrected chi connectivity index (χ1v) is 7.35. The predicted molar refractivity (Wildman–Crippen MR) is 78.7 cm³/mol. The first-order chi connectivity index (χ1) is 8.61. The Morgan fingerprint density at radius 2 is 2.28 bits per heavy atom. The van der Waals surface area contributed by atoms with Gasteiger partial charge in [0.05, 0.1) is 0 Å². The van der Waals surface area contributed by atoms with E-state index >= 15 is 0 Å². The van der Waals surface area contributed by atoms with E-state index in [1.807, 2.05) is 30.0 Å². The Kier molecular flexibility index (Phi) is 6.58. The molecule has 0 aromatic heterocycles. The first-order valence-electron chi connectivity index (χ1n) is 6.19. The molecule has 1 aromatic rings. The second-order valence-corrected chi connectivity index (χ2v) is 5.48. The lowest BCUT2D eigenvalue weighted by molar-refractivity contribution is -0.131. The molecule has 1 rings (SSSR count). The van der Waals surface area contributed by atoms with Crippen LogP contribution in [-0.2, 0) is 10.5 Å². The second-order valence-electron chi connectivity index (χ2n) is 4.45. The quantitative estimate of drug-likeness (QED) is 0.754. The molecule has 1 atom stereocenters. The Morgan fingerprint density at radius 1 is 1.50 bits per heavy atom. The predicted octanol–water partition coefficient (Wildman–Crippen LogP) is 4.06. The molecule has 0 amide bonds. The van der Waals surface area contributed by atoms with E-state index in [4.69, 9.17) is 5.11 Å². The molecular formula is C15H20O2S. The Balaban J connectivity index is 2.51. The minimum atomic E-state index is -0.911. The lowest BCUT2D eigenvalue weighted by Crippen LogP contribution is -1.96. The van der Waals surface area contributed by atoms with Crippen LogP contribution in [0.25, 0.3) is 6.08 Å². The summed E-state index contributed by atoms with van der Waals surface area (Å²) in [5, 5.41) is 8.58. The van der Waals surface area contributed by atoms with Crippen molar-refractivity contribution in [3.8, 4) is 0 Å². The fraction of sp³-hybridized carbons (Fsp3) is 0.400. The van der Waals surface area contributed by atoms with Gasteiger partial charge in [0.15, 0.2) is 0 Å². The third-order valence-electron chi connectivity index (χ3n) is 2.74. The summed E-state index contributed by atoms with van der Waals surface area (Å²) in [4.78, 5) is 10.4. The van der Waals surface area contributed by atoms with Crippen LogP contribution in [0.1, 0.15) is 31.4 Å². The average molecular weight is 264 g/mol. The van der Waals surface area contributed by atoms with Crippen molar-refractivity contribution in [3.05, 3.63) is 41.5 Å². The Hall–Kier alpha value is -1.22. The lowest BCUT2D eigenvalue weighted by atomic mass is 10.1. The van der Waals surface area contributed by atoms with Gasteiger partial charge in [-0.05, 0) is 28.9 Å². The van der Waals surface area contributed by atoms with Crippen molar-refractivity contribution in [1.29, 1.82) is 0 Å². The number of thioether (sulfide) groups is 1. The summed E-state index contributed by atoms with van der Waals surface area (Å²) in [6.07, 6.45) is 4.02. The fourth-order valence-corrected chi connectivity index (χ4v) is 2.62. The summed E-state index contributed by atoms with van der Waals surface area (Å²) in [5.41, 5.74) is 2.19. The highest BCUT2D eigenvalue weighted by atomic mass is 32.2. The van der Waals surface area contributed by atoms with Crippen LogP contribution in [0.5, 0.6) is 0 Å². The van der Waals surface area contributed by atoms with Gasteiger partial charge in [-0.3, -0.25) is 0 Å². The fourth-order valence-electron chi connectivity index (χ4n) is 1.45. The molecule has 3 heteroatoms. The van der Waals surface area contributed by atoms with Crippen molar-refractivity contribution >= 4 is 23.8 Å². The molecule has 0 heterocycles. The van der Waals surface area contributed by atoms with Gasteiger partial charge in [-0.1, -0.05) is 44.5 Å². The average Bonchev–Trinajstić information content (AvgIpc) is 2.36. The van der Waals surface area contributed by atoms with Crippen LogP contribution in [0, 0.1) is 5.92 Å². The first kappa shape index (κ1) is 14.8. The number of carboxylic acids is 1. The van der Waals surface area contributed by atoms with Crippen molar-refractivity contribution in [2.45, 2.75) is 26.0 Å². The van der Waals surface area contributed by atoms with Crippen LogP contribution in [-0.4, -0.2) is 16.8 Å². The number of rotatable bonds is 7. The highest BCUT2D eigenvalue weighted by Gasteiger charge is 2.00. The molecule has 1 unspecified atom stereocenters. The monoisotopic (exact) mass is 264 g/mol. The molecule has 1 aromatic carbocycles. The molecule has 0 radical (unpaired) electrons. The van der Waals surface area contributed by atoms with Crippen molar-refractivity contribution in [2.75, 3.05) is 5.75 Å². The molecule has 18 heavy (non-hydrogen) atoms. The van der Waals surface area contributed by atoms with Crippen LogP contribution in [0.2, 0.25) is 0 Å². The van der Waals surface area contributed by atoms with Crippen molar-refractivity contribution in [1.82, 2.24) is 0 Å². The van der Waals surface area contributed by atoms with Crippen LogP contribution in [0.4, 0.5) is 0 Å². The second kappa shape index (κ2) is 7.98. The van der Waals surface area contributed by atoms with Crippen LogP contribution in [0.15, 0.2) is 30.3 Å². The Bertz CT molecular complexity index is 413. The van der Waals surface area contributed by atoms with E-state index in [9.17, 15) is 4.79 Å². The zero-order valence-electron chi connectivity index (χ0n) is 10.9. The molecule has 0 aliphatic heterocycles. The number of carbonyl (C=O) groups is 1. The van der Waals surface area contributed by atoms with E-state index in [0.29, 0.717) is 0 Å². The number of aliphatic carboxylic acids is 1. The SMILES string of the molecule is CCC(C)CSCc1cccc(/C=C/C(=O)O)c1. The topological polar surface area (TPSA) is 37.3 Å². The third kappa shape index (κ3) is 5.92. The number of hydrogen-bond acceptors (Lipinski definition) is 2. The summed E-state index contributed by atoms with van der Waals surface area (Å²) >= 11 is 1.93. The maximum atomic E-state index is 10.4. The van der Waals surface area contributed by atoms with Gasteiger partial charge in [0.1, 0.15) is 0 Å². The molecule has 0 aliphatic carbocycles. The lowest BCUT2D eigenvalue weighted by Gasteiger charge is -2.08. The van der Waals surface area contributed by atoms with Gasteiger partial charge < -0.3 is 5.11 Å². The van der Waals surface area contributed by atoms with E-state index < -0.39 is 5.97 Å². The highest BCUT2D eigenvalue weighted by Crippen LogP contribution is 2.18. The number of hydrogen-bond donors (Lipinski definition) is 1. The van der Waals surface area contributed by atoms with Crippen molar-refractivity contribution in [3.63, 3.8) is 0 Å². The van der Waals surface area contributed by atoms with E-state index in [-0.39, 0.29) is 0 Å². The molecule has 0 saturated heterocycles. The minimum Gasteiger partial charge on any atom is -0.478 e. The van der Waals surface area contributed by atoms with Gasteiger partial charge in [-0.2, -0.15) is 11.8 Å². The third-order valence-corrected chi connectivity index (χ3v) is 4.08. The highest BCUT2D eigenvalue weighted by molar-refractivity contribution is 7.98. The van der Waals surface area contributed by atoms with Crippen molar-refractivity contribution in [2.24, 2.45) is 5.92 Å². The molecule has 0 spiro atoms. The van der Waals surface area contributed by atoms with Crippen LogP contribution < -0.4 is 0 Å². The molecule has 1 N–H and O–H groups in total. The van der Waals surface area contributed by atoms with Crippen LogP contribution in [0.3, 0.4) is 0 Å². The van der Waals surface area contributed by atoms with E-state index in [2.05, 4.69) is 19.9 Å². The van der Waals surface area contributed by atoms with Gasteiger partial charge in [0.25, 0.3) is 0 Å². The van der Waals surface area contributed by atoms with Crippen LogP contribution >= 0.6 is 11.8 Å². The number of carboxylic acid groups (broad SMARTS) is 1. The largest absolute Gasteiger partial charge is 0.478 e. The van der Waals surface area contributed by atoms with Gasteiger partial charge >= 0.3 is 5.97 Å². The van der Waals surface area contributed by atoms with Gasteiger partial charge in [0, 0.05) is 11.8 Å². The molecule has 0 aliphatic rings. The summed E-state index contributed by atoms with van der Waals surface area (Å²) in [6.45, 7) is 4.47. The normalized spacial score (nSPS) is 12.8. The summed E-state index contributed by atoms with van der Waals surface area (Å²) in [5.74, 6) is 2.00. The summed E-state index contributed by atoms with van der Waals surface area (Å²) in [7, 11) is 0. The maximum absolute atomic E-state index is 10.4. The molecule has 98 valence electrons. The zero-order chi connectivity index (χ0) is 13.4. The van der Waals surface area contributed by atoms with Gasteiger partial charge in [-0.25, -0.2) is 4.79 Å². The van der Waals surface area contributed by atoms with Crippen molar-refractivity contribution < 1.29 is 9.90 Å². The molecule has 2 nitrogen and oxygen atoms in total. The van der Waals surface area contributed by atoms with Gasteiger partial charge in [0.2, 0.25) is 0 Å². The Morgan fingerprint density at radius 3 is 2.94 bits per heavy atom. The standard InChI is InChI=1S/C15H20O2S/c1-3-12(2)10-18-11-14-6-4-5-13(9-14)7-8-15(16)17/h4-9,12H,3,10-11H2,1-2H3,(H,16,17)/b8-7+. The molecular weight excluding hydrogens is 244 g/mol. The summed E-state index contributed by atoms with van der Waals surface area (Å²) < 4.78 is 0. The number of benzene rings is 1. The zero-order valence-corrected chi connectivity index (χ0v) is 11.7. The molecule has 0 fully saturated rings. The summed E-state index contributed by atoms with van der Waals surface area (Å²) in [6, 6.07) is 8.02. The minimum absolute atomic E-state index is 0.755. The smallest absolute Gasteiger partial charge is 0.328 e. The maximum Gasteiger partial charge on any atom is 0.328 e. The van der Waals surface area contributed by atoms with E-state index in [1.54, 1.807) is 6.08 Å². The molecule has 0 bridgehead atoms. The van der Waals surface area contributed by atoms with E-state index in [1.165, 1.54) is 23.8 Å².